The van der Waals surface area contributed by atoms with E-state index in [0.717, 1.165) is 12.2 Å². The van der Waals surface area contributed by atoms with E-state index in [1.54, 1.807) is 33.8 Å². The van der Waals surface area contributed by atoms with Crippen molar-refractivity contribution in [2.45, 2.75) is 18.5 Å². The molecular weight excluding hydrogens is 324 g/mol. The van der Waals surface area contributed by atoms with Gasteiger partial charge in [-0.25, -0.2) is 9.69 Å². The number of amides is 1. The van der Waals surface area contributed by atoms with Gasteiger partial charge in [0.1, 0.15) is 0 Å². The quantitative estimate of drug-likeness (QED) is 0.733. The predicted molar refractivity (Wildman–Crippen MR) is 91.7 cm³/mol. The molecule has 0 bridgehead atoms. The van der Waals surface area contributed by atoms with Gasteiger partial charge in [0, 0.05) is 11.3 Å². The third-order valence-corrected chi connectivity index (χ3v) is 4.87. The van der Waals surface area contributed by atoms with Crippen LogP contribution in [0.5, 0.6) is 0 Å². The van der Waals surface area contributed by atoms with Crippen LogP contribution in [0.15, 0.2) is 52.2 Å². The van der Waals surface area contributed by atoms with Crippen molar-refractivity contribution >= 4 is 17.7 Å². The molecule has 4 rings (SSSR count). The summed E-state index contributed by atoms with van der Waals surface area (Å²) in [7, 11) is 0. The molecule has 1 amide bonds. The van der Waals surface area contributed by atoms with Crippen molar-refractivity contribution in [2.75, 3.05) is 17.3 Å². The molecule has 0 fully saturated rings. The summed E-state index contributed by atoms with van der Waals surface area (Å²) in [6, 6.07) is 11.3. The molecule has 1 aliphatic heterocycles. The molecule has 7 heteroatoms. The van der Waals surface area contributed by atoms with Gasteiger partial charge in [-0.1, -0.05) is 30.8 Å². The van der Waals surface area contributed by atoms with E-state index >= 15 is 0 Å². The van der Waals surface area contributed by atoms with Gasteiger partial charge >= 0.3 is 0 Å². The van der Waals surface area contributed by atoms with Gasteiger partial charge in [0.25, 0.3) is 5.91 Å². The number of fused-ring (bicyclic) bond motifs is 1. The van der Waals surface area contributed by atoms with Gasteiger partial charge in [0.2, 0.25) is 11.0 Å². The summed E-state index contributed by atoms with van der Waals surface area (Å²) in [6.07, 6.45) is 2.54. The van der Waals surface area contributed by atoms with Crippen molar-refractivity contribution in [1.82, 2.24) is 14.9 Å². The average Bonchev–Trinajstić information content (AvgIpc) is 3.30. The van der Waals surface area contributed by atoms with Crippen molar-refractivity contribution in [3.8, 4) is 11.6 Å². The zero-order chi connectivity index (χ0) is 16.5. The predicted octanol–water partition coefficient (Wildman–Crippen LogP) is 2.98. The van der Waals surface area contributed by atoms with E-state index < -0.39 is 0 Å². The third kappa shape index (κ3) is 2.50. The molecule has 0 saturated heterocycles. The minimum Gasteiger partial charge on any atom is -0.461 e. The van der Waals surface area contributed by atoms with Gasteiger partial charge < -0.3 is 4.42 Å². The number of hydrogen-bond acceptors (Lipinski definition) is 5. The van der Waals surface area contributed by atoms with Crippen LogP contribution in [0.25, 0.3) is 11.6 Å². The summed E-state index contributed by atoms with van der Waals surface area (Å²) >= 11 is 1.58. The molecule has 0 N–H and O–H groups in total. The summed E-state index contributed by atoms with van der Waals surface area (Å²) < 4.78 is 7.19. The number of hydrogen-bond donors (Lipinski definition) is 0. The van der Waals surface area contributed by atoms with Gasteiger partial charge in [-0.15, -0.1) is 10.2 Å². The normalized spacial score (nSPS) is 13.8. The molecule has 3 aromatic rings. The molecule has 0 unspecified atom stereocenters. The fourth-order valence-corrected chi connectivity index (χ4v) is 3.53. The molecule has 0 radical (unpaired) electrons. The van der Waals surface area contributed by atoms with Crippen LogP contribution in [0.4, 0.5) is 0 Å². The van der Waals surface area contributed by atoms with Crippen molar-refractivity contribution in [3.63, 3.8) is 0 Å². The Hall–Kier alpha value is -2.54. The SMILES string of the molecule is CCc1ccc(C(=O)N2CCSc3nnc(-c4ccco4)n32)cc1. The van der Waals surface area contributed by atoms with Crippen LogP contribution >= 0.6 is 11.8 Å². The number of thioether (sulfide) groups is 1. The van der Waals surface area contributed by atoms with Crippen molar-refractivity contribution in [1.29, 1.82) is 0 Å². The maximum absolute atomic E-state index is 13.0. The number of benzene rings is 1. The van der Waals surface area contributed by atoms with E-state index in [2.05, 4.69) is 17.1 Å². The molecule has 2 aromatic heterocycles. The molecular formula is C17H16N4O2S. The zero-order valence-electron chi connectivity index (χ0n) is 13.2. The summed E-state index contributed by atoms with van der Waals surface area (Å²) in [5, 5.41) is 10.8. The Balaban J connectivity index is 1.73. The highest BCUT2D eigenvalue weighted by Crippen LogP contribution is 2.28. The first-order valence-electron chi connectivity index (χ1n) is 7.81. The second-order valence-electron chi connectivity index (χ2n) is 5.42. The largest absolute Gasteiger partial charge is 0.461 e. The minimum absolute atomic E-state index is 0.0631. The molecule has 1 aliphatic rings. The zero-order valence-corrected chi connectivity index (χ0v) is 14.0. The van der Waals surface area contributed by atoms with E-state index in [0.29, 0.717) is 28.8 Å². The maximum Gasteiger partial charge on any atom is 0.272 e. The van der Waals surface area contributed by atoms with Crippen LogP contribution in [0.2, 0.25) is 0 Å². The number of carbonyl (C=O) groups is 1. The van der Waals surface area contributed by atoms with Gasteiger partial charge in [0.05, 0.1) is 12.8 Å². The van der Waals surface area contributed by atoms with E-state index in [9.17, 15) is 4.79 Å². The van der Waals surface area contributed by atoms with E-state index in [1.165, 1.54) is 5.56 Å². The highest BCUT2D eigenvalue weighted by atomic mass is 32.2. The molecule has 0 aliphatic carbocycles. The number of aryl methyl sites for hydroxylation is 1. The van der Waals surface area contributed by atoms with Crippen LogP contribution in [-0.2, 0) is 6.42 Å². The van der Waals surface area contributed by atoms with Crippen molar-refractivity contribution in [2.24, 2.45) is 0 Å². The Labute approximate surface area is 143 Å². The first-order chi connectivity index (χ1) is 11.8. The highest BCUT2D eigenvalue weighted by molar-refractivity contribution is 7.99. The average molecular weight is 340 g/mol. The maximum atomic E-state index is 13.0. The first kappa shape index (κ1) is 15.0. The first-order valence-corrected chi connectivity index (χ1v) is 8.79. The molecule has 6 nitrogen and oxygen atoms in total. The Morgan fingerprint density at radius 3 is 2.79 bits per heavy atom. The van der Waals surface area contributed by atoms with Crippen LogP contribution in [0.3, 0.4) is 0 Å². The van der Waals surface area contributed by atoms with E-state index in [-0.39, 0.29) is 5.91 Å². The van der Waals surface area contributed by atoms with Crippen LogP contribution in [0, 0.1) is 0 Å². The molecule has 1 aromatic carbocycles. The lowest BCUT2D eigenvalue weighted by atomic mass is 10.1. The van der Waals surface area contributed by atoms with Crippen LogP contribution in [0.1, 0.15) is 22.8 Å². The lowest BCUT2D eigenvalue weighted by molar-refractivity contribution is 0.0956. The van der Waals surface area contributed by atoms with Crippen molar-refractivity contribution in [3.05, 3.63) is 53.8 Å². The number of aromatic nitrogens is 3. The summed E-state index contributed by atoms with van der Waals surface area (Å²) in [5.74, 6) is 1.86. The summed E-state index contributed by atoms with van der Waals surface area (Å²) in [4.78, 5) is 13.0. The molecule has 0 saturated carbocycles. The minimum atomic E-state index is -0.0631. The summed E-state index contributed by atoms with van der Waals surface area (Å²) in [5.41, 5.74) is 1.87. The lowest BCUT2D eigenvalue weighted by Gasteiger charge is -2.28. The number of nitrogens with zero attached hydrogens (tertiary/aromatic N) is 4. The monoisotopic (exact) mass is 340 g/mol. The lowest BCUT2D eigenvalue weighted by Crippen LogP contribution is -2.45. The smallest absolute Gasteiger partial charge is 0.272 e. The van der Waals surface area contributed by atoms with Gasteiger partial charge in [-0.3, -0.25) is 4.79 Å². The standard InChI is InChI=1S/C17H16N4O2S/c1-2-12-5-7-13(8-6-12)16(22)20-9-11-24-17-19-18-15(21(17)20)14-4-3-10-23-14/h3-8,10H,2,9,11H2,1H3. The van der Waals surface area contributed by atoms with Gasteiger partial charge in [-0.05, 0) is 36.2 Å². The van der Waals surface area contributed by atoms with Gasteiger partial charge in [0.15, 0.2) is 5.76 Å². The van der Waals surface area contributed by atoms with E-state index in [4.69, 9.17) is 4.42 Å². The molecule has 24 heavy (non-hydrogen) atoms. The molecule has 3 heterocycles. The Bertz CT molecular complexity index is 855. The number of furan rings is 1. The number of carbonyl (C=O) groups excluding carboxylic acids is 1. The Morgan fingerprint density at radius 2 is 2.08 bits per heavy atom. The third-order valence-electron chi connectivity index (χ3n) is 3.97. The van der Waals surface area contributed by atoms with E-state index in [1.807, 2.05) is 30.3 Å². The second-order valence-corrected chi connectivity index (χ2v) is 6.48. The van der Waals surface area contributed by atoms with Crippen LogP contribution in [-0.4, -0.2) is 33.1 Å². The van der Waals surface area contributed by atoms with Crippen LogP contribution < -0.4 is 5.01 Å². The topological polar surface area (TPSA) is 64.2 Å². The summed E-state index contributed by atoms with van der Waals surface area (Å²) in [6.45, 7) is 2.69. The second kappa shape index (κ2) is 6.16. The molecule has 122 valence electrons. The van der Waals surface area contributed by atoms with Gasteiger partial charge in [-0.2, -0.15) is 0 Å². The Kier molecular flexibility index (Phi) is 3.86. The highest BCUT2D eigenvalue weighted by Gasteiger charge is 2.29. The number of rotatable bonds is 3. The Morgan fingerprint density at radius 1 is 1.25 bits per heavy atom. The van der Waals surface area contributed by atoms with Crippen molar-refractivity contribution < 1.29 is 9.21 Å². The fourth-order valence-electron chi connectivity index (χ4n) is 2.68. The molecule has 0 atom stereocenters. The fraction of sp³-hybridized carbons (Fsp3) is 0.235. The molecule has 0 spiro atoms.